The lowest BCUT2D eigenvalue weighted by Crippen LogP contribution is -2.21. The molecule has 6 heteroatoms. The molecule has 0 fully saturated rings. The molecule has 0 saturated heterocycles. The molecule has 0 aromatic carbocycles. The van der Waals surface area contributed by atoms with Crippen LogP contribution in [0.1, 0.15) is 5.01 Å². The van der Waals surface area contributed by atoms with Crippen LogP contribution in [0.2, 0.25) is 0 Å². The van der Waals surface area contributed by atoms with E-state index >= 15 is 0 Å². The predicted octanol–water partition coefficient (Wildman–Crippen LogP) is 0.849. The monoisotopic (exact) mass is 222 g/mol. The van der Waals surface area contributed by atoms with Gasteiger partial charge in [-0.3, -0.25) is 4.79 Å². The molecule has 2 aromatic heterocycles. The third-order valence-electron chi connectivity index (χ3n) is 1.91. The topological polar surface area (TPSA) is 59.8 Å². The number of nitrogens with zero attached hydrogens (tertiary/aromatic N) is 3. The minimum Gasteiger partial charge on any atom is -0.359 e. The van der Waals surface area contributed by atoms with Gasteiger partial charge < -0.3 is 9.88 Å². The van der Waals surface area contributed by atoms with E-state index in [0.717, 1.165) is 5.01 Å². The summed E-state index contributed by atoms with van der Waals surface area (Å²) in [6.45, 7) is 0.532. The van der Waals surface area contributed by atoms with E-state index in [1.54, 1.807) is 37.0 Å². The van der Waals surface area contributed by atoms with Crippen molar-refractivity contribution in [3.63, 3.8) is 0 Å². The van der Waals surface area contributed by atoms with Gasteiger partial charge in [-0.1, -0.05) is 0 Å². The molecule has 0 aliphatic heterocycles. The lowest BCUT2D eigenvalue weighted by atomic mass is 10.5. The molecule has 2 heterocycles. The summed E-state index contributed by atoms with van der Waals surface area (Å²) in [7, 11) is 1.69. The van der Waals surface area contributed by atoms with E-state index in [1.165, 1.54) is 4.57 Å². The molecule has 1 N–H and O–H groups in total. The summed E-state index contributed by atoms with van der Waals surface area (Å²) in [5.41, 5.74) is -0.131. The van der Waals surface area contributed by atoms with Crippen molar-refractivity contribution in [1.29, 1.82) is 0 Å². The average Bonchev–Trinajstić information content (AvgIpc) is 2.73. The van der Waals surface area contributed by atoms with Gasteiger partial charge in [-0.05, 0) is 0 Å². The second kappa shape index (κ2) is 4.22. The number of hydrogen-bond donors (Lipinski definition) is 1. The van der Waals surface area contributed by atoms with Crippen LogP contribution in [-0.4, -0.2) is 14.5 Å². The van der Waals surface area contributed by atoms with Crippen LogP contribution < -0.4 is 10.9 Å². The van der Waals surface area contributed by atoms with Gasteiger partial charge in [-0.2, -0.15) is 0 Å². The SMILES string of the molecule is Cn1ccnc(NCc2nccs2)c1=O. The van der Waals surface area contributed by atoms with E-state index in [9.17, 15) is 4.79 Å². The third kappa shape index (κ3) is 2.21. The summed E-state index contributed by atoms with van der Waals surface area (Å²) < 4.78 is 1.48. The van der Waals surface area contributed by atoms with Crippen molar-refractivity contribution in [3.8, 4) is 0 Å². The number of anilines is 1. The van der Waals surface area contributed by atoms with Crippen LogP contribution >= 0.6 is 11.3 Å². The maximum atomic E-state index is 11.5. The Balaban J connectivity index is 2.12. The Morgan fingerprint density at radius 1 is 1.47 bits per heavy atom. The second-order valence-electron chi connectivity index (χ2n) is 2.97. The van der Waals surface area contributed by atoms with Gasteiger partial charge in [0.1, 0.15) is 5.01 Å². The van der Waals surface area contributed by atoms with Gasteiger partial charge in [0.25, 0.3) is 5.56 Å². The maximum absolute atomic E-state index is 11.5. The first-order valence-corrected chi connectivity index (χ1v) is 5.29. The van der Waals surface area contributed by atoms with Crippen LogP contribution in [0.3, 0.4) is 0 Å². The van der Waals surface area contributed by atoms with Crippen molar-refractivity contribution in [1.82, 2.24) is 14.5 Å². The number of aryl methyl sites for hydroxylation is 1. The van der Waals surface area contributed by atoms with E-state index in [1.807, 2.05) is 5.38 Å². The first-order valence-electron chi connectivity index (χ1n) is 4.41. The maximum Gasteiger partial charge on any atom is 0.293 e. The van der Waals surface area contributed by atoms with Crippen molar-refractivity contribution < 1.29 is 0 Å². The van der Waals surface area contributed by atoms with Gasteiger partial charge in [0.15, 0.2) is 5.82 Å². The fourth-order valence-corrected chi connectivity index (χ4v) is 1.67. The van der Waals surface area contributed by atoms with Crippen LogP contribution in [0, 0.1) is 0 Å². The lowest BCUT2D eigenvalue weighted by molar-refractivity contribution is 0.839. The molecule has 2 rings (SSSR count). The smallest absolute Gasteiger partial charge is 0.293 e. The molecular formula is C9H10N4OS. The summed E-state index contributed by atoms with van der Waals surface area (Å²) in [5, 5.41) is 5.79. The number of hydrogen-bond acceptors (Lipinski definition) is 5. The van der Waals surface area contributed by atoms with Crippen LogP contribution in [0.25, 0.3) is 0 Å². The standard InChI is InChI=1S/C9H10N4OS/c1-13-4-2-11-8(9(13)14)12-6-7-10-3-5-15-7/h2-5H,6H2,1H3,(H,11,12). The molecule has 0 aliphatic rings. The van der Waals surface area contributed by atoms with E-state index in [0.29, 0.717) is 12.4 Å². The van der Waals surface area contributed by atoms with Crippen molar-refractivity contribution in [2.45, 2.75) is 6.54 Å². The summed E-state index contributed by atoms with van der Waals surface area (Å²) >= 11 is 1.54. The predicted molar refractivity (Wildman–Crippen MR) is 58.9 cm³/mol. The number of aromatic nitrogens is 3. The third-order valence-corrected chi connectivity index (χ3v) is 2.69. The van der Waals surface area contributed by atoms with Gasteiger partial charge in [0, 0.05) is 31.0 Å². The largest absolute Gasteiger partial charge is 0.359 e. The van der Waals surface area contributed by atoms with E-state index in [-0.39, 0.29) is 5.56 Å². The molecule has 0 saturated carbocycles. The summed E-state index contributed by atoms with van der Waals surface area (Å²) in [5.74, 6) is 0.357. The van der Waals surface area contributed by atoms with Crippen molar-refractivity contribution in [3.05, 3.63) is 39.3 Å². The Morgan fingerprint density at radius 2 is 2.33 bits per heavy atom. The molecule has 15 heavy (non-hydrogen) atoms. The molecular weight excluding hydrogens is 212 g/mol. The Hall–Kier alpha value is -1.69. The van der Waals surface area contributed by atoms with Crippen molar-refractivity contribution >= 4 is 17.2 Å². The summed E-state index contributed by atoms with van der Waals surface area (Å²) in [6.07, 6.45) is 4.95. The van der Waals surface area contributed by atoms with Crippen LogP contribution in [0.15, 0.2) is 28.8 Å². The fourth-order valence-electron chi connectivity index (χ4n) is 1.12. The number of nitrogens with one attached hydrogen (secondary N) is 1. The molecule has 0 aliphatic carbocycles. The zero-order valence-corrected chi connectivity index (χ0v) is 8.99. The molecule has 0 spiro atoms. The molecule has 2 aromatic rings. The van der Waals surface area contributed by atoms with Crippen LogP contribution in [0.4, 0.5) is 5.82 Å². The number of thiazole rings is 1. The summed E-state index contributed by atoms with van der Waals surface area (Å²) in [6, 6.07) is 0. The first-order chi connectivity index (χ1) is 7.27. The molecule has 0 unspecified atom stereocenters. The molecule has 5 nitrogen and oxygen atoms in total. The van der Waals surface area contributed by atoms with Gasteiger partial charge in [-0.25, -0.2) is 9.97 Å². The zero-order chi connectivity index (χ0) is 10.7. The van der Waals surface area contributed by atoms with E-state index in [4.69, 9.17) is 0 Å². The molecule has 0 atom stereocenters. The fraction of sp³-hybridized carbons (Fsp3) is 0.222. The van der Waals surface area contributed by atoms with Crippen molar-refractivity contribution in [2.24, 2.45) is 7.05 Å². The summed E-state index contributed by atoms with van der Waals surface area (Å²) in [4.78, 5) is 19.6. The highest BCUT2D eigenvalue weighted by atomic mass is 32.1. The Kier molecular flexibility index (Phi) is 2.77. The zero-order valence-electron chi connectivity index (χ0n) is 8.17. The Morgan fingerprint density at radius 3 is 3.07 bits per heavy atom. The van der Waals surface area contributed by atoms with Crippen molar-refractivity contribution in [2.75, 3.05) is 5.32 Å². The van der Waals surface area contributed by atoms with Gasteiger partial charge in [0.05, 0.1) is 6.54 Å². The van der Waals surface area contributed by atoms with Gasteiger partial charge >= 0.3 is 0 Å². The van der Waals surface area contributed by atoms with Crippen LogP contribution in [0.5, 0.6) is 0 Å². The average molecular weight is 222 g/mol. The van der Waals surface area contributed by atoms with E-state index < -0.39 is 0 Å². The molecule has 0 radical (unpaired) electrons. The first kappa shape index (κ1) is 9.85. The Labute approximate surface area is 90.4 Å². The Bertz CT molecular complexity index is 491. The molecule has 0 amide bonds. The lowest BCUT2D eigenvalue weighted by Gasteiger charge is -2.03. The quantitative estimate of drug-likeness (QED) is 0.836. The highest BCUT2D eigenvalue weighted by molar-refractivity contribution is 7.09. The minimum absolute atomic E-state index is 0.131. The van der Waals surface area contributed by atoms with Gasteiger partial charge in [0.2, 0.25) is 0 Å². The highest BCUT2D eigenvalue weighted by Gasteiger charge is 2.02. The minimum atomic E-state index is -0.131. The van der Waals surface area contributed by atoms with Crippen LogP contribution in [-0.2, 0) is 13.6 Å². The molecule has 0 bridgehead atoms. The van der Waals surface area contributed by atoms with Gasteiger partial charge in [-0.15, -0.1) is 11.3 Å². The number of rotatable bonds is 3. The molecule has 78 valence electrons. The highest BCUT2D eigenvalue weighted by Crippen LogP contribution is 2.05. The van der Waals surface area contributed by atoms with E-state index in [2.05, 4.69) is 15.3 Å². The second-order valence-corrected chi connectivity index (χ2v) is 3.95. The normalized spacial score (nSPS) is 10.2.